The van der Waals surface area contributed by atoms with Crippen LogP contribution in [0.4, 0.5) is 5.69 Å². The van der Waals surface area contributed by atoms with E-state index in [1.807, 2.05) is 30.3 Å². The van der Waals surface area contributed by atoms with Gasteiger partial charge in [-0.2, -0.15) is 0 Å². The normalized spacial score (nSPS) is 21.4. The van der Waals surface area contributed by atoms with E-state index in [4.69, 9.17) is 20.2 Å². The van der Waals surface area contributed by atoms with E-state index in [-0.39, 0.29) is 18.6 Å². The highest BCUT2D eigenvalue weighted by atomic mass is 16.5. The average molecular weight is 505 g/mol. The molecule has 0 radical (unpaired) electrons. The molecule has 2 fully saturated rings. The van der Waals surface area contributed by atoms with Crippen molar-refractivity contribution < 1.29 is 19.4 Å². The number of nitrogens with two attached hydrogens (primary N) is 1. The van der Waals surface area contributed by atoms with Crippen LogP contribution >= 0.6 is 0 Å². The molecule has 2 aliphatic carbocycles. The van der Waals surface area contributed by atoms with Crippen molar-refractivity contribution in [2.75, 3.05) is 13.7 Å². The molecule has 3 N–H and O–H groups in total. The molecule has 0 amide bonds. The third kappa shape index (κ3) is 7.01. The Hall–Kier alpha value is -3.12. The van der Waals surface area contributed by atoms with Crippen molar-refractivity contribution in [1.29, 1.82) is 0 Å². The molecule has 0 bridgehead atoms. The lowest BCUT2D eigenvalue weighted by Gasteiger charge is -2.28. The van der Waals surface area contributed by atoms with Crippen molar-refractivity contribution >= 4 is 17.4 Å². The van der Waals surface area contributed by atoms with Crippen LogP contribution in [0.1, 0.15) is 58.3 Å². The zero-order valence-electron chi connectivity index (χ0n) is 22.1. The predicted octanol–water partition coefficient (Wildman–Crippen LogP) is 6.20. The summed E-state index contributed by atoms with van der Waals surface area (Å²) in [6.45, 7) is 2.35. The van der Waals surface area contributed by atoms with Crippen LogP contribution in [0.2, 0.25) is 0 Å². The van der Waals surface area contributed by atoms with E-state index in [0.717, 1.165) is 41.8 Å². The maximum atomic E-state index is 12.5. The minimum atomic E-state index is -0.484. The summed E-state index contributed by atoms with van der Waals surface area (Å²) in [6, 6.07) is 16.2. The fourth-order valence-electron chi connectivity index (χ4n) is 5.52. The molecular formula is C31H40N2O4. The second-order valence-corrected chi connectivity index (χ2v) is 10.3. The first-order chi connectivity index (χ1) is 18.0. The highest BCUT2D eigenvalue weighted by molar-refractivity contribution is 6.22. The van der Waals surface area contributed by atoms with Gasteiger partial charge < -0.3 is 20.3 Å². The number of aliphatic hydroxyl groups excluding tert-OH is 1. The van der Waals surface area contributed by atoms with Crippen molar-refractivity contribution in [3.63, 3.8) is 0 Å². The number of methoxy groups -OCH3 is 1. The topological polar surface area (TPSA) is 94.1 Å². The van der Waals surface area contributed by atoms with Gasteiger partial charge in [-0.25, -0.2) is 4.79 Å². The summed E-state index contributed by atoms with van der Waals surface area (Å²) in [5.74, 6) is 1.53. The van der Waals surface area contributed by atoms with E-state index in [1.165, 1.54) is 45.4 Å². The number of carbonyl (C=O) groups is 1. The summed E-state index contributed by atoms with van der Waals surface area (Å²) in [5.41, 5.74) is 9.65. The SMILES string of the molecule is COC(=O)C(=CN)C(=Nc1cccc(-c2cccc(OC(C)C3CCCCC3)c2)c1)[C@@H]1CC1CCCO. The number of aliphatic hydroxyl groups is 1. The number of carbonyl (C=O) groups excluding carboxylic acids is 1. The Bertz CT molecular complexity index is 1120. The second kappa shape index (κ2) is 12.9. The van der Waals surface area contributed by atoms with E-state index in [9.17, 15) is 9.90 Å². The largest absolute Gasteiger partial charge is 0.490 e. The second-order valence-electron chi connectivity index (χ2n) is 10.3. The van der Waals surface area contributed by atoms with Gasteiger partial charge in [-0.1, -0.05) is 43.5 Å². The third-order valence-electron chi connectivity index (χ3n) is 7.75. The van der Waals surface area contributed by atoms with Crippen LogP contribution in [0.3, 0.4) is 0 Å². The first kappa shape index (κ1) is 26.9. The Labute approximate surface area is 220 Å². The molecule has 2 aromatic rings. The molecule has 2 unspecified atom stereocenters. The number of hydrogen-bond acceptors (Lipinski definition) is 6. The molecule has 0 aliphatic heterocycles. The van der Waals surface area contributed by atoms with E-state index in [2.05, 4.69) is 25.1 Å². The summed E-state index contributed by atoms with van der Waals surface area (Å²) >= 11 is 0. The summed E-state index contributed by atoms with van der Waals surface area (Å²) in [6.07, 6.45) is 10.5. The number of nitrogens with zero attached hydrogens (tertiary/aromatic N) is 1. The monoisotopic (exact) mass is 504 g/mol. The fraction of sp³-hybridized carbons (Fsp3) is 0.484. The van der Waals surface area contributed by atoms with Gasteiger partial charge in [-0.05, 0) is 86.3 Å². The highest BCUT2D eigenvalue weighted by Crippen LogP contribution is 2.45. The quantitative estimate of drug-likeness (QED) is 0.216. The Balaban J connectivity index is 1.56. The lowest BCUT2D eigenvalue weighted by Crippen LogP contribution is -2.25. The van der Waals surface area contributed by atoms with E-state index in [1.54, 1.807) is 0 Å². The Kier molecular flexibility index (Phi) is 9.40. The molecule has 2 aliphatic rings. The van der Waals surface area contributed by atoms with Crippen molar-refractivity contribution in [2.45, 2.75) is 64.4 Å². The highest BCUT2D eigenvalue weighted by Gasteiger charge is 2.43. The number of aliphatic imine (C=N–C) groups is 1. The zero-order valence-corrected chi connectivity index (χ0v) is 22.1. The van der Waals surface area contributed by atoms with Gasteiger partial charge >= 0.3 is 5.97 Å². The molecule has 37 heavy (non-hydrogen) atoms. The standard InChI is InChI=1S/C31H40N2O4/c1-21(22-9-4-3-5-10-22)37-27-15-7-12-24(18-27)23-11-6-14-26(17-23)33-30(29(20-32)31(35)36-2)28-19-25(28)13-8-16-34/h6-7,11-12,14-15,17-18,20-22,25,28,34H,3-5,8-10,13,16,19,32H2,1-2H3/t21?,25?,28-/m1/s1. The van der Waals surface area contributed by atoms with Gasteiger partial charge in [0, 0.05) is 18.7 Å². The van der Waals surface area contributed by atoms with E-state index < -0.39 is 5.97 Å². The van der Waals surface area contributed by atoms with Gasteiger partial charge in [-0.3, -0.25) is 4.99 Å². The smallest absolute Gasteiger partial charge is 0.341 e. The third-order valence-corrected chi connectivity index (χ3v) is 7.75. The molecule has 0 heterocycles. The maximum Gasteiger partial charge on any atom is 0.341 e. The maximum absolute atomic E-state index is 12.5. The Morgan fingerprint density at radius 1 is 1.14 bits per heavy atom. The minimum absolute atomic E-state index is 0.127. The molecule has 0 spiro atoms. The molecular weight excluding hydrogens is 464 g/mol. The van der Waals surface area contributed by atoms with Crippen LogP contribution in [0.25, 0.3) is 11.1 Å². The van der Waals surface area contributed by atoms with E-state index >= 15 is 0 Å². The van der Waals surface area contributed by atoms with Crippen molar-refractivity contribution in [2.24, 2.45) is 28.5 Å². The fourth-order valence-corrected chi connectivity index (χ4v) is 5.52. The van der Waals surface area contributed by atoms with Gasteiger partial charge in [0.1, 0.15) is 5.75 Å². The average Bonchev–Trinajstić information content (AvgIpc) is 3.71. The molecule has 2 saturated carbocycles. The minimum Gasteiger partial charge on any atom is -0.490 e. The van der Waals surface area contributed by atoms with Gasteiger partial charge in [0.05, 0.1) is 30.2 Å². The summed E-state index contributed by atoms with van der Waals surface area (Å²) in [7, 11) is 1.35. The number of esters is 1. The number of hydrogen-bond donors (Lipinski definition) is 2. The zero-order chi connectivity index (χ0) is 26.2. The molecule has 0 aromatic heterocycles. The molecule has 198 valence electrons. The molecule has 0 saturated heterocycles. The Morgan fingerprint density at radius 2 is 1.86 bits per heavy atom. The lowest BCUT2D eigenvalue weighted by atomic mass is 9.86. The molecule has 2 aromatic carbocycles. The van der Waals surface area contributed by atoms with Crippen molar-refractivity contribution in [3.05, 3.63) is 60.3 Å². The first-order valence-corrected chi connectivity index (χ1v) is 13.6. The van der Waals surface area contributed by atoms with Crippen molar-refractivity contribution in [1.82, 2.24) is 0 Å². The summed E-state index contributed by atoms with van der Waals surface area (Å²) in [5, 5.41) is 9.21. The Morgan fingerprint density at radius 3 is 2.57 bits per heavy atom. The number of rotatable bonds is 11. The van der Waals surface area contributed by atoms with Crippen LogP contribution in [0.5, 0.6) is 5.75 Å². The summed E-state index contributed by atoms with van der Waals surface area (Å²) in [4.78, 5) is 17.4. The predicted molar refractivity (Wildman–Crippen MR) is 148 cm³/mol. The van der Waals surface area contributed by atoms with Crippen molar-refractivity contribution in [3.8, 4) is 16.9 Å². The molecule has 6 heteroatoms. The number of ether oxygens (including phenoxy) is 2. The summed E-state index contributed by atoms with van der Waals surface area (Å²) < 4.78 is 11.3. The molecule has 4 rings (SSSR count). The van der Waals surface area contributed by atoms with Crippen LogP contribution < -0.4 is 10.5 Å². The van der Waals surface area contributed by atoms with Gasteiger partial charge in [0.15, 0.2) is 0 Å². The molecule has 3 atom stereocenters. The molecule has 6 nitrogen and oxygen atoms in total. The lowest BCUT2D eigenvalue weighted by molar-refractivity contribution is -0.135. The van der Waals surface area contributed by atoms with Crippen LogP contribution in [0, 0.1) is 17.8 Å². The van der Waals surface area contributed by atoms with Gasteiger partial charge in [-0.15, -0.1) is 0 Å². The van der Waals surface area contributed by atoms with Crippen LogP contribution in [-0.2, 0) is 9.53 Å². The van der Waals surface area contributed by atoms with Crippen LogP contribution in [-0.4, -0.2) is 36.6 Å². The van der Waals surface area contributed by atoms with Gasteiger partial charge in [0.2, 0.25) is 0 Å². The van der Waals surface area contributed by atoms with Gasteiger partial charge in [0.25, 0.3) is 0 Å². The number of benzene rings is 2. The first-order valence-electron chi connectivity index (χ1n) is 13.6. The van der Waals surface area contributed by atoms with Crippen LogP contribution in [0.15, 0.2) is 65.3 Å². The van der Waals surface area contributed by atoms with E-state index in [0.29, 0.717) is 23.1 Å².